The summed E-state index contributed by atoms with van der Waals surface area (Å²) in [6.45, 7) is -1.61. The molecule has 0 saturated carbocycles. The van der Waals surface area contributed by atoms with Crippen LogP contribution in [0.1, 0.15) is 0 Å². The van der Waals surface area contributed by atoms with Crippen molar-refractivity contribution in [3.63, 3.8) is 0 Å². The van der Waals surface area contributed by atoms with Gasteiger partial charge in [-0.05, 0) is 0 Å². The summed E-state index contributed by atoms with van der Waals surface area (Å²) in [5, 5.41) is 1.75. The molecule has 0 aliphatic rings. The molecule has 0 bridgehead atoms. The average molecular weight is 153 g/mol. The Hall–Kier alpha value is -0.910. The molecule has 0 aliphatic carbocycles. The van der Waals surface area contributed by atoms with Gasteiger partial charge < -0.3 is 16.8 Å². The molecule has 4 nitrogen and oxygen atoms in total. The molecule has 2 amide bonds. The quantitative estimate of drug-likeness (QED) is 0.498. The molecular formula is C4H9F2N3O. The highest BCUT2D eigenvalue weighted by Gasteiger charge is 2.26. The SMILES string of the molecule is NCC(F)(F)CNC(N)=O. The van der Waals surface area contributed by atoms with Crippen molar-refractivity contribution in [3.8, 4) is 0 Å². The van der Waals surface area contributed by atoms with Crippen molar-refractivity contribution >= 4 is 6.03 Å². The van der Waals surface area contributed by atoms with Crippen LogP contribution in [0, 0.1) is 0 Å². The lowest BCUT2D eigenvalue weighted by Gasteiger charge is -2.12. The van der Waals surface area contributed by atoms with Crippen molar-refractivity contribution < 1.29 is 13.6 Å². The molecule has 0 fully saturated rings. The third-order valence-electron chi connectivity index (χ3n) is 0.820. The predicted octanol–water partition coefficient (Wildman–Crippen LogP) is -0.751. The number of rotatable bonds is 3. The summed E-state index contributed by atoms with van der Waals surface area (Å²) in [6, 6.07) is -0.979. The molecule has 5 N–H and O–H groups in total. The van der Waals surface area contributed by atoms with Gasteiger partial charge in [0.2, 0.25) is 0 Å². The van der Waals surface area contributed by atoms with E-state index in [1.54, 1.807) is 5.32 Å². The molecule has 6 heteroatoms. The first-order chi connectivity index (χ1) is 4.48. The van der Waals surface area contributed by atoms with Crippen LogP contribution in [0.25, 0.3) is 0 Å². The minimum absolute atomic E-state index is 0.798. The minimum Gasteiger partial charge on any atom is -0.352 e. The average Bonchev–Trinajstić information content (AvgIpc) is 1.85. The Labute approximate surface area is 56.6 Å². The molecule has 0 atom stereocenters. The number of carbonyl (C=O) groups excluding carboxylic acids is 1. The highest BCUT2D eigenvalue weighted by Crippen LogP contribution is 2.07. The van der Waals surface area contributed by atoms with Crippen LogP contribution in [-0.2, 0) is 0 Å². The van der Waals surface area contributed by atoms with Crippen LogP contribution in [0.15, 0.2) is 0 Å². The molecule has 10 heavy (non-hydrogen) atoms. The molecule has 0 unspecified atom stereocenters. The van der Waals surface area contributed by atoms with Crippen LogP contribution in [0.4, 0.5) is 13.6 Å². The van der Waals surface area contributed by atoms with Crippen LogP contribution in [0.2, 0.25) is 0 Å². The van der Waals surface area contributed by atoms with Gasteiger partial charge in [0.15, 0.2) is 0 Å². The van der Waals surface area contributed by atoms with E-state index in [1.165, 1.54) is 0 Å². The number of hydrogen-bond acceptors (Lipinski definition) is 2. The first kappa shape index (κ1) is 9.09. The Morgan fingerprint density at radius 2 is 2.10 bits per heavy atom. The normalized spacial score (nSPS) is 11.1. The summed E-state index contributed by atoms with van der Waals surface area (Å²) >= 11 is 0. The third kappa shape index (κ3) is 4.02. The third-order valence-corrected chi connectivity index (χ3v) is 0.820. The predicted molar refractivity (Wildman–Crippen MR) is 31.6 cm³/mol. The van der Waals surface area contributed by atoms with Crippen LogP contribution < -0.4 is 16.8 Å². The Morgan fingerprint density at radius 1 is 1.60 bits per heavy atom. The molecule has 0 heterocycles. The number of nitrogens with one attached hydrogen (secondary N) is 1. The van der Waals surface area contributed by atoms with Gasteiger partial charge in [-0.2, -0.15) is 0 Å². The first-order valence-corrected chi connectivity index (χ1v) is 2.59. The van der Waals surface area contributed by atoms with Crippen molar-refractivity contribution in [2.24, 2.45) is 11.5 Å². The van der Waals surface area contributed by atoms with E-state index in [0.29, 0.717) is 0 Å². The molecule has 0 radical (unpaired) electrons. The van der Waals surface area contributed by atoms with Gasteiger partial charge in [0.05, 0.1) is 13.1 Å². The van der Waals surface area contributed by atoms with E-state index in [1.807, 2.05) is 0 Å². The number of nitrogens with two attached hydrogens (primary N) is 2. The van der Waals surface area contributed by atoms with Gasteiger partial charge in [0.25, 0.3) is 5.92 Å². The number of primary amides is 1. The smallest absolute Gasteiger partial charge is 0.312 e. The number of carbonyl (C=O) groups is 1. The van der Waals surface area contributed by atoms with Crippen LogP contribution in [0.3, 0.4) is 0 Å². The molecule has 0 aliphatic heterocycles. The van der Waals surface area contributed by atoms with E-state index in [-0.39, 0.29) is 0 Å². The van der Waals surface area contributed by atoms with Gasteiger partial charge in [-0.15, -0.1) is 0 Å². The van der Waals surface area contributed by atoms with Crippen LogP contribution in [-0.4, -0.2) is 25.0 Å². The van der Waals surface area contributed by atoms with Crippen LogP contribution in [0.5, 0.6) is 0 Å². The Balaban J connectivity index is 3.56. The molecule has 0 spiro atoms. The zero-order chi connectivity index (χ0) is 8.20. The lowest BCUT2D eigenvalue weighted by Crippen LogP contribution is -2.43. The highest BCUT2D eigenvalue weighted by atomic mass is 19.3. The fraction of sp³-hybridized carbons (Fsp3) is 0.750. The molecule has 0 rings (SSSR count). The molecule has 0 aromatic rings. The number of urea groups is 1. The summed E-state index contributed by atoms with van der Waals surface area (Å²) in [5.74, 6) is -3.06. The van der Waals surface area contributed by atoms with Gasteiger partial charge in [-0.3, -0.25) is 0 Å². The van der Waals surface area contributed by atoms with E-state index in [4.69, 9.17) is 0 Å². The van der Waals surface area contributed by atoms with Gasteiger partial charge >= 0.3 is 6.03 Å². The maximum Gasteiger partial charge on any atom is 0.312 e. The maximum atomic E-state index is 12.1. The van der Waals surface area contributed by atoms with Crippen molar-refractivity contribution in [2.75, 3.05) is 13.1 Å². The summed E-state index contributed by atoms with van der Waals surface area (Å²) in [5.41, 5.74) is 9.18. The second kappa shape index (κ2) is 3.31. The van der Waals surface area contributed by atoms with E-state index < -0.39 is 25.0 Å². The van der Waals surface area contributed by atoms with Crippen molar-refractivity contribution in [1.82, 2.24) is 5.32 Å². The maximum absolute atomic E-state index is 12.1. The van der Waals surface area contributed by atoms with Crippen LogP contribution >= 0.6 is 0 Å². The fourth-order valence-corrected chi connectivity index (χ4v) is 0.289. The standard InChI is InChI=1S/C4H9F2N3O/c5-4(6,1-7)2-9-3(8)10/h1-2,7H2,(H3,8,9,10). The zero-order valence-electron chi connectivity index (χ0n) is 5.23. The zero-order valence-corrected chi connectivity index (χ0v) is 5.23. The van der Waals surface area contributed by atoms with Crippen molar-refractivity contribution in [1.29, 1.82) is 0 Å². The first-order valence-electron chi connectivity index (χ1n) is 2.59. The summed E-state index contributed by atoms with van der Waals surface area (Å²) in [6.07, 6.45) is 0. The highest BCUT2D eigenvalue weighted by molar-refractivity contribution is 5.71. The Kier molecular flexibility index (Phi) is 3.01. The second-order valence-electron chi connectivity index (χ2n) is 1.78. The monoisotopic (exact) mass is 153 g/mol. The number of halogens is 2. The molecule has 0 saturated heterocycles. The van der Waals surface area contributed by atoms with E-state index in [0.717, 1.165) is 0 Å². The lowest BCUT2D eigenvalue weighted by molar-refractivity contribution is 0.0146. The number of alkyl halides is 2. The van der Waals surface area contributed by atoms with E-state index in [2.05, 4.69) is 11.5 Å². The number of hydrogen-bond donors (Lipinski definition) is 3. The molecular weight excluding hydrogens is 144 g/mol. The Bertz CT molecular complexity index is 128. The fourth-order valence-electron chi connectivity index (χ4n) is 0.289. The van der Waals surface area contributed by atoms with Gasteiger partial charge in [-0.1, -0.05) is 0 Å². The van der Waals surface area contributed by atoms with E-state index in [9.17, 15) is 13.6 Å². The summed E-state index contributed by atoms with van der Waals surface area (Å²) in [4.78, 5) is 9.90. The Morgan fingerprint density at radius 3 is 2.40 bits per heavy atom. The number of amides is 2. The second-order valence-corrected chi connectivity index (χ2v) is 1.78. The topological polar surface area (TPSA) is 81.1 Å². The summed E-state index contributed by atoms with van der Waals surface area (Å²) < 4.78 is 24.2. The molecule has 60 valence electrons. The van der Waals surface area contributed by atoms with Crippen molar-refractivity contribution in [3.05, 3.63) is 0 Å². The van der Waals surface area contributed by atoms with Gasteiger partial charge in [0.1, 0.15) is 0 Å². The van der Waals surface area contributed by atoms with Crippen molar-refractivity contribution in [2.45, 2.75) is 5.92 Å². The lowest BCUT2D eigenvalue weighted by atomic mass is 10.3. The van der Waals surface area contributed by atoms with E-state index >= 15 is 0 Å². The largest absolute Gasteiger partial charge is 0.352 e. The van der Waals surface area contributed by atoms with Gasteiger partial charge in [-0.25, -0.2) is 13.6 Å². The molecule has 0 aromatic heterocycles. The molecule has 0 aromatic carbocycles. The summed E-state index contributed by atoms with van der Waals surface area (Å²) in [7, 11) is 0. The minimum atomic E-state index is -3.06. The van der Waals surface area contributed by atoms with Gasteiger partial charge in [0, 0.05) is 0 Å².